The van der Waals surface area contributed by atoms with Gasteiger partial charge in [-0.1, -0.05) is 463 Å². The Morgan fingerprint density at radius 1 is 0.184 bits per heavy atom. The molecule has 0 spiro atoms. The summed E-state index contributed by atoms with van der Waals surface area (Å²) in [5.74, 6) is 0.905. The van der Waals surface area contributed by atoms with Gasteiger partial charge >= 0.3 is 0 Å². The summed E-state index contributed by atoms with van der Waals surface area (Å²) < 4.78 is 0. The van der Waals surface area contributed by atoms with E-state index < -0.39 is 0 Å². The fourth-order valence-electron chi connectivity index (χ4n) is 12.9. The van der Waals surface area contributed by atoms with E-state index in [9.17, 15) is 0 Å². The SMILES string of the molecule is C=C(CCCCCCCCCCCCCCCCCCCCCCCCCCCCC)CC(CCCCCCCCCCCCCCCCCCCCC)CCCCCCCCCCCCCCCCCCCCCC. The smallest absolute Gasteiger partial charge is 0.0294 e. The third-order valence-corrected chi connectivity index (χ3v) is 18.4. The second-order valence-electron chi connectivity index (χ2n) is 26.4. The highest BCUT2D eigenvalue weighted by molar-refractivity contribution is 4.95. The van der Waals surface area contributed by atoms with E-state index in [1.165, 1.54) is 449 Å². The first-order valence-corrected chi connectivity index (χ1v) is 37.4. The largest absolute Gasteiger partial charge is 0.0999 e. The molecule has 0 aromatic heterocycles. The second-order valence-corrected chi connectivity index (χ2v) is 26.4. The van der Waals surface area contributed by atoms with Crippen molar-refractivity contribution >= 4 is 0 Å². The Bertz CT molecular complexity index is 992. The lowest BCUT2D eigenvalue weighted by atomic mass is 9.87. The topological polar surface area (TPSA) is 0 Å². The van der Waals surface area contributed by atoms with Gasteiger partial charge in [0.05, 0.1) is 0 Å². The van der Waals surface area contributed by atoms with Crippen LogP contribution in [0.1, 0.15) is 470 Å². The quantitative estimate of drug-likeness (QED) is 0.0421. The Kier molecular flexibility index (Phi) is 70.6. The average Bonchev–Trinajstić information content (AvgIpc) is 3.42. The molecule has 0 heterocycles. The molecule has 0 amide bonds. The zero-order chi connectivity index (χ0) is 54.7. The van der Waals surface area contributed by atoms with Gasteiger partial charge in [-0.05, 0) is 25.2 Å². The van der Waals surface area contributed by atoms with Crippen molar-refractivity contribution < 1.29 is 0 Å². The zero-order valence-corrected chi connectivity index (χ0v) is 54.3. The molecule has 0 aliphatic heterocycles. The minimum absolute atomic E-state index is 0.905. The van der Waals surface area contributed by atoms with Gasteiger partial charge < -0.3 is 0 Å². The predicted molar refractivity (Wildman–Crippen MR) is 353 cm³/mol. The molecule has 0 saturated heterocycles. The normalized spacial score (nSPS) is 12.1. The third-order valence-electron chi connectivity index (χ3n) is 18.4. The van der Waals surface area contributed by atoms with Gasteiger partial charge in [0.1, 0.15) is 0 Å². The minimum Gasteiger partial charge on any atom is -0.0999 e. The highest BCUT2D eigenvalue weighted by Gasteiger charge is 2.11. The molecule has 76 heavy (non-hydrogen) atoms. The molecule has 0 heteroatoms. The maximum absolute atomic E-state index is 4.70. The van der Waals surface area contributed by atoms with Crippen LogP contribution in [-0.2, 0) is 0 Å². The minimum atomic E-state index is 0.905. The summed E-state index contributed by atoms with van der Waals surface area (Å²) in [6, 6.07) is 0. The van der Waals surface area contributed by atoms with Crippen molar-refractivity contribution in [3.63, 3.8) is 0 Å². The summed E-state index contributed by atoms with van der Waals surface area (Å²) in [5.41, 5.74) is 1.59. The van der Waals surface area contributed by atoms with Crippen LogP contribution in [0.2, 0.25) is 0 Å². The summed E-state index contributed by atoms with van der Waals surface area (Å²) in [6.07, 6.45) is 103. The van der Waals surface area contributed by atoms with Crippen LogP contribution in [0.25, 0.3) is 0 Å². The van der Waals surface area contributed by atoms with E-state index in [1.807, 2.05) is 0 Å². The molecule has 0 radical (unpaired) electrons. The van der Waals surface area contributed by atoms with Crippen LogP contribution in [-0.4, -0.2) is 0 Å². The Morgan fingerprint density at radius 3 is 0.474 bits per heavy atom. The predicted octanol–water partition coefficient (Wildman–Crippen LogP) is 29.5. The summed E-state index contributed by atoms with van der Waals surface area (Å²) in [7, 11) is 0. The maximum Gasteiger partial charge on any atom is -0.0294 e. The van der Waals surface area contributed by atoms with Gasteiger partial charge in [0, 0.05) is 0 Å². The molecule has 0 bridgehead atoms. The molecule has 1 atom stereocenters. The second kappa shape index (κ2) is 70.8. The van der Waals surface area contributed by atoms with Crippen molar-refractivity contribution in [2.45, 2.75) is 470 Å². The third kappa shape index (κ3) is 68.0. The molecular formula is C76H152. The first-order chi connectivity index (χ1) is 37.7. The van der Waals surface area contributed by atoms with Crippen molar-refractivity contribution in [1.29, 1.82) is 0 Å². The number of hydrogen-bond acceptors (Lipinski definition) is 0. The van der Waals surface area contributed by atoms with Crippen LogP contribution < -0.4 is 0 Å². The van der Waals surface area contributed by atoms with Crippen LogP contribution >= 0.6 is 0 Å². The Morgan fingerprint density at radius 2 is 0.316 bits per heavy atom. The van der Waals surface area contributed by atoms with E-state index in [4.69, 9.17) is 6.58 Å². The number of unbranched alkanes of at least 4 members (excludes halogenated alkanes) is 63. The highest BCUT2D eigenvalue weighted by atomic mass is 14.2. The van der Waals surface area contributed by atoms with Gasteiger partial charge in [-0.2, -0.15) is 0 Å². The highest BCUT2D eigenvalue weighted by Crippen LogP contribution is 2.28. The lowest BCUT2D eigenvalue weighted by Gasteiger charge is -2.19. The summed E-state index contributed by atoms with van der Waals surface area (Å²) in [5, 5.41) is 0. The first kappa shape index (κ1) is 75.7. The molecule has 0 rings (SSSR count). The van der Waals surface area contributed by atoms with E-state index in [-0.39, 0.29) is 0 Å². The van der Waals surface area contributed by atoms with Crippen LogP contribution in [0.4, 0.5) is 0 Å². The van der Waals surface area contributed by atoms with E-state index in [2.05, 4.69) is 20.8 Å². The van der Waals surface area contributed by atoms with Crippen molar-refractivity contribution in [3.8, 4) is 0 Å². The molecule has 0 N–H and O–H groups in total. The number of hydrogen-bond donors (Lipinski definition) is 0. The molecule has 0 aromatic carbocycles. The lowest BCUT2D eigenvalue weighted by Crippen LogP contribution is -2.03. The average molecular weight is 1070 g/mol. The van der Waals surface area contributed by atoms with Crippen LogP contribution in [0.15, 0.2) is 12.2 Å². The van der Waals surface area contributed by atoms with E-state index in [1.54, 1.807) is 5.57 Å². The first-order valence-electron chi connectivity index (χ1n) is 37.4. The Labute approximate surface area is 485 Å². The van der Waals surface area contributed by atoms with Crippen LogP contribution in [0.5, 0.6) is 0 Å². The Hall–Kier alpha value is -0.260. The maximum atomic E-state index is 4.70. The van der Waals surface area contributed by atoms with Gasteiger partial charge in [-0.25, -0.2) is 0 Å². The molecule has 0 nitrogen and oxygen atoms in total. The van der Waals surface area contributed by atoms with Gasteiger partial charge in [-0.3, -0.25) is 0 Å². The summed E-state index contributed by atoms with van der Waals surface area (Å²) in [4.78, 5) is 0. The molecule has 1 unspecified atom stereocenters. The Balaban J connectivity index is 4.02. The monoisotopic (exact) mass is 1070 g/mol. The fourth-order valence-corrected chi connectivity index (χ4v) is 12.9. The summed E-state index contributed by atoms with van der Waals surface area (Å²) >= 11 is 0. The number of allylic oxidation sites excluding steroid dienone is 1. The molecule has 0 aliphatic carbocycles. The molecule has 0 saturated carbocycles. The van der Waals surface area contributed by atoms with Crippen LogP contribution in [0, 0.1) is 5.92 Å². The van der Waals surface area contributed by atoms with Crippen molar-refractivity contribution in [2.75, 3.05) is 0 Å². The molecule has 0 aliphatic rings. The van der Waals surface area contributed by atoms with Gasteiger partial charge in [-0.15, -0.1) is 0 Å². The van der Waals surface area contributed by atoms with Crippen molar-refractivity contribution in [1.82, 2.24) is 0 Å². The molecule has 0 fully saturated rings. The van der Waals surface area contributed by atoms with Crippen molar-refractivity contribution in [3.05, 3.63) is 12.2 Å². The van der Waals surface area contributed by atoms with Gasteiger partial charge in [0.25, 0.3) is 0 Å². The van der Waals surface area contributed by atoms with Crippen molar-refractivity contribution in [2.24, 2.45) is 5.92 Å². The van der Waals surface area contributed by atoms with E-state index in [0.29, 0.717) is 0 Å². The molecular weight excluding hydrogens is 913 g/mol. The van der Waals surface area contributed by atoms with E-state index >= 15 is 0 Å². The fraction of sp³-hybridized carbons (Fsp3) is 0.974. The molecule has 0 aromatic rings. The summed E-state index contributed by atoms with van der Waals surface area (Å²) in [6.45, 7) is 11.7. The molecule has 456 valence electrons. The van der Waals surface area contributed by atoms with Crippen LogP contribution in [0.3, 0.4) is 0 Å². The zero-order valence-electron chi connectivity index (χ0n) is 54.3. The van der Waals surface area contributed by atoms with Gasteiger partial charge in [0.2, 0.25) is 0 Å². The standard InChI is InChI=1S/C76H152/c1-5-8-11-14-17-20-23-26-29-32-35-37-38-39-40-41-42-43-45-47-50-53-56-59-62-65-68-71-75(4)74-76(72-69-66-63-60-57-54-51-48-44-34-31-28-25-22-19-16-13-10-7-3)73-70-67-64-61-58-55-52-49-46-36-33-30-27-24-21-18-15-12-9-6-2/h76H,4-74H2,1-3H3. The lowest BCUT2D eigenvalue weighted by molar-refractivity contribution is 0.395. The van der Waals surface area contributed by atoms with E-state index in [0.717, 1.165) is 5.92 Å². The number of rotatable bonds is 71. The van der Waals surface area contributed by atoms with Gasteiger partial charge in [0.15, 0.2) is 0 Å².